The summed E-state index contributed by atoms with van der Waals surface area (Å²) in [6.07, 6.45) is 4.48. The fourth-order valence-corrected chi connectivity index (χ4v) is 2.33. The van der Waals surface area contributed by atoms with Gasteiger partial charge < -0.3 is 4.98 Å². The first-order valence-electron chi connectivity index (χ1n) is 6.09. The number of nitrogens with one attached hydrogen (secondary N) is 1. The molecule has 1 heterocycles. The third kappa shape index (κ3) is 3.50. The van der Waals surface area contributed by atoms with E-state index in [9.17, 15) is 4.79 Å². The first-order chi connectivity index (χ1) is 8.79. The van der Waals surface area contributed by atoms with E-state index in [1.54, 1.807) is 11.8 Å². The SMILES string of the molecule is CSc1ccc(CCCC(=O)c2ccccc2)[nH]1. The van der Waals surface area contributed by atoms with E-state index in [-0.39, 0.29) is 5.78 Å². The van der Waals surface area contributed by atoms with E-state index < -0.39 is 0 Å². The molecule has 0 atom stereocenters. The van der Waals surface area contributed by atoms with Crippen molar-refractivity contribution in [2.24, 2.45) is 0 Å². The molecule has 0 aliphatic carbocycles. The minimum absolute atomic E-state index is 0.229. The Morgan fingerprint density at radius 3 is 2.61 bits per heavy atom. The fraction of sp³-hybridized carbons (Fsp3) is 0.267. The van der Waals surface area contributed by atoms with E-state index in [1.165, 1.54) is 10.7 Å². The first-order valence-corrected chi connectivity index (χ1v) is 7.32. The van der Waals surface area contributed by atoms with Gasteiger partial charge in [-0.2, -0.15) is 0 Å². The zero-order chi connectivity index (χ0) is 12.8. The zero-order valence-electron chi connectivity index (χ0n) is 10.5. The Balaban J connectivity index is 1.80. The van der Waals surface area contributed by atoms with Gasteiger partial charge in [-0.1, -0.05) is 30.3 Å². The highest BCUT2D eigenvalue weighted by atomic mass is 32.2. The van der Waals surface area contributed by atoms with Crippen molar-refractivity contribution in [3.8, 4) is 0 Å². The maximum Gasteiger partial charge on any atom is 0.162 e. The number of carbonyl (C=O) groups excluding carboxylic acids is 1. The van der Waals surface area contributed by atoms with Gasteiger partial charge in [0.25, 0.3) is 0 Å². The molecule has 0 amide bonds. The summed E-state index contributed by atoms with van der Waals surface area (Å²) < 4.78 is 0. The van der Waals surface area contributed by atoms with Crippen molar-refractivity contribution in [1.29, 1.82) is 0 Å². The number of ketones is 1. The van der Waals surface area contributed by atoms with Crippen molar-refractivity contribution in [3.05, 3.63) is 53.7 Å². The molecule has 0 bridgehead atoms. The van der Waals surface area contributed by atoms with Crippen molar-refractivity contribution in [3.63, 3.8) is 0 Å². The topological polar surface area (TPSA) is 32.9 Å². The highest BCUT2D eigenvalue weighted by molar-refractivity contribution is 7.98. The number of hydrogen-bond donors (Lipinski definition) is 1. The summed E-state index contributed by atoms with van der Waals surface area (Å²) in [6.45, 7) is 0. The van der Waals surface area contributed by atoms with Crippen molar-refractivity contribution in [1.82, 2.24) is 4.98 Å². The van der Waals surface area contributed by atoms with Crippen LogP contribution in [0.25, 0.3) is 0 Å². The second-order valence-corrected chi connectivity index (χ2v) is 5.04. The number of benzene rings is 1. The van der Waals surface area contributed by atoms with Gasteiger partial charge in [0.05, 0.1) is 5.03 Å². The van der Waals surface area contributed by atoms with E-state index in [2.05, 4.69) is 23.4 Å². The first kappa shape index (κ1) is 13.0. The molecule has 0 aliphatic rings. The minimum Gasteiger partial charge on any atom is -0.354 e. The minimum atomic E-state index is 0.229. The number of carbonyl (C=O) groups is 1. The largest absolute Gasteiger partial charge is 0.354 e. The molecule has 2 rings (SSSR count). The number of hydrogen-bond acceptors (Lipinski definition) is 2. The Morgan fingerprint density at radius 2 is 1.94 bits per heavy atom. The van der Waals surface area contributed by atoms with Gasteiger partial charge in [-0.15, -0.1) is 11.8 Å². The van der Waals surface area contributed by atoms with Crippen LogP contribution in [0.1, 0.15) is 28.9 Å². The van der Waals surface area contributed by atoms with Crippen LogP contribution in [0.3, 0.4) is 0 Å². The number of aromatic amines is 1. The van der Waals surface area contributed by atoms with Crippen LogP contribution < -0.4 is 0 Å². The van der Waals surface area contributed by atoms with E-state index >= 15 is 0 Å². The lowest BCUT2D eigenvalue weighted by Gasteiger charge is -2.00. The quantitative estimate of drug-likeness (QED) is 0.629. The van der Waals surface area contributed by atoms with E-state index in [0.29, 0.717) is 6.42 Å². The lowest BCUT2D eigenvalue weighted by atomic mass is 10.1. The summed E-state index contributed by atoms with van der Waals surface area (Å²) in [5, 5.41) is 1.18. The average molecular weight is 259 g/mol. The third-order valence-corrected chi connectivity index (χ3v) is 3.56. The fourth-order valence-electron chi connectivity index (χ4n) is 1.89. The van der Waals surface area contributed by atoms with Crippen LogP contribution in [0, 0.1) is 0 Å². The molecule has 0 unspecified atom stereocenters. The average Bonchev–Trinajstić information content (AvgIpc) is 2.87. The van der Waals surface area contributed by atoms with Gasteiger partial charge in [0, 0.05) is 17.7 Å². The second kappa shape index (κ2) is 6.45. The van der Waals surface area contributed by atoms with Crippen LogP contribution in [0.5, 0.6) is 0 Å². The molecule has 18 heavy (non-hydrogen) atoms. The lowest BCUT2D eigenvalue weighted by Crippen LogP contribution is -1.99. The molecule has 0 spiro atoms. The Morgan fingerprint density at radius 1 is 1.17 bits per heavy atom. The van der Waals surface area contributed by atoms with Gasteiger partial charge in [0.1, 0.15) is 0 Å². The molecule has 0 radical (unpaired) electrons. The zero-order valence-corrected chi connectivity index (χ0v) is 11.3. The van der Waals surface area contributed by atoms with Crippen LogP contribution >= 0.6 is 11.8 Å². The number of rotatable bonds is 6. The number of Topliss-reactive ketones (excluding diaryl/α,β-unsaturated/α-hetero) is 1. The normalized spacial score (nSPS) is 10.5. The van der Waals surface area contributed by atoms with Crippen LogP contribution in [-0.4, -0.2) is 17.0 Å². The maximum atomic E-state index is 11.9. The molecule has 0 fully saturated rings. The summed E-state index contributed by atoms with van der Waals surface area (Å²) in [7, 11) is 0. The van der Waals surface area contributed by atoms with Crippen molar-refractivity contribution in [2.45, 2.75) is 24.3 Å². The summed E-state index contributed by atoms with van der Waals surface area (Å²) >= 11 is 1.70. The van der Waals surface area contributed by atoms with E-state index in [1.807, 2.05) is 30.3 Å². The van der Waals surface area contributed by atoms with Crippen LogP contribution in [0.4, 0.5) is 0 Å². The molecule has 2 nitrogen and oxygen atoms in total. The summed E-state index contributed by atoms with van der Waals surface area (Å²) in [5.41, 5.74) is 2.02. The number of aryl methyl sites for hydroxylation is 1. The third-order valence-electron chi connectivity index (χ3n) is 2.89. The van der Waals surface area contributed by atoms with E-state index in [0.717, 1.165) is 18.4 Å². The monoisotopic (exact) mass is 259 g/mol. The standard InChI is InChI=1S/C15H17NOS/c1-18-15-11-10-13(16-15)8-5-9-14(17)12-6-3-2-4-7-12/h2-4,6-7,10-11,16H,5,8-9H2,1H3. The van der Waals surface area contributed by atoms with E-state index in [4.69, 9.17) is 0 Å². The smallest absolute Gasteiger partial charge is 0.162 e. The highest BCUT2D eigenvalue weighted by Crippen LogP contribution is 2.15. The molecule has 94 valence electrons. The molecule has 0 saturated heterocycles. The van der Waals surface area contributed by atoms with Gasteiger partial charge in [0.2, 0.25) is 0 Å². The van der Waals surface area contributed by atoms with Gasteiger partial charge in [-0.25, -0.2) is 0 Å². The molecule has 1 aromatic carbocycles. The number of H-pyrrole nitrogens is 1. The Bertz CT molecular complexity index is 504. The number of thioether (sulfide) groups is 1. The molecule has 0 saturated carbocycles. The highest BCUT2D eigenvalue weighted by Gasteiger charge is 2.05. The van der Waals surface area contributed by atoms with Crippen LogP contribution in [0.15, 0.2) is 47.5 Å². The van der Waals surface area contributed by atoms with Crippen molar-refractivity contribution >= 4 is 17.5 Å². The molecule has 3 heteroatoms. The number of aromatic nitrogens is 1. The van der Waals surface area contributed by atoms with Gasteiger partial charge in [-0.3, -0.25) is 4.79 Å². The molecule has 0 aliphatic heterocycles. The Kier molecular flexibility index (Phi) is 4.65. The predicted molar refractivity (Wildman–Crippen MR) is 76.3 cm³/mol. The maximum absolute atomic E-state index is 11.9. The molecular weight excluding hydrogens is 242 g/mol. The van der Waals surface area contributed by atoms with Crippen molar-refractivity contribution in [2.75, 3.05) is 6.26 Å². The predicted octanol–water partition coefficient (Wildman–Crippen LogP) is 3.94. The van der Waals surface area contributed by atoms with Gasteiger partial charge in [-0.05, 0) is 31.2 Å². The Hall–Kier alpha value is -1.48. The molecule has 1 N–H and O–H groups in total. The lowest BCUT2D eigenvalue weighted by molar-refractivity contribution is 0.0980. The molecule has 1 aromatic heterocycles. The Labute approximate surface area is 112 Å². The summed E-state index contributed by atoms with van der Waals surface area (Å²) in [6, 6.07) is 13.7. The van der Waals surface area contributed by atoms with Gasteiger partial charge >= 0.3 is 0 Å². The van der Waals surface area contributed by atoms with Crippen LogP contribution in [0.2, 0.25) is 0 Å². The molecular formula is C15H17NOS. The second-order valence-electron chi connectivity index (χ2n) is 4.19. The summed E-state index contributed by atoms with van der Waals surface area (Å²) in [4.78, 5) is 15.2. The molecule has 2 aromatic rings. The summed E-state index contributed by atoms with van der Waals surface area (Å²) in [5.74, 6) is 0.229. The van der Waals surface area contributed by atoms with Crippen LogP contribution in [-0.2, 0) is 6.42 Å². The van der Waals surface area contributed by atoms with Crippen molar-refractivity contribution < 1.29 is 4.79 Å². The van der Waals surface area contributed by atoms with Gasteiger partial charge in [0.15, 0.2) is 5.78 Å².